The van der Waals surface area contributed by atoms with E-state index in [0.717, 1.165) is 17.9 Å². The zero-order valence-corrected chi connectivity index (χ0v) is 12.5. The molecule has 0 aliphatic rings. The van der Waals surface area contributed by atoms with Crippen molar-refractivity contribution < 1.29 is 9.15 Å². The first-order valence-electron chi connectivity index (χ1n) is 6.39. The van der Waals surface area contributed by atoms with E-state index < -0.39 is 0 Å². The lowest BCUT2D eigenvalue weighted by Gasteiger charge is -2.16. The number of nitrogens with zero attached hydrogens (tertiary/aromatic N) is 4. The van der Waals surface area contributed by atoms with Gasteiger partial charge in [0.05, 0.1) is 13.2 Å². The maximum atomic E-state index is 5.89. The van der Waals surface area contributed by atoms with E-state index in [2.05, 4.69) is 15.0 Å². The highest BCUT2D eigenvalue weighted by Gasteiger charge is 2.12. The normalized spacial score (nSPS) is 10.6. The van der Waals surface area contributed by atoms with Crippen LogP contribution in [0.2, 0.25) is 5.28 Å². The summed E-state index contributed by atoms with van der Waals surface area (Å²) in [5, 5.41) is 0.114. The summed E-state index contributed by atoms with van der Waals surface area (Å²) < 4.78 is 10.9. The summed E-state index contributed by atoms with van der Waals surface area (Å²) in [4.78, 5) is 14.1. The van der Waals surface area contributed by atoms with Crippen molar-refractivity contribution in [1.82, 2.24) is 15.0 Å². The zero-order chi connectivity index (χ0) is 14.5. The second-order valence-electron chi connectivity index (χ2n) is 4.40. The van der Waals surface area contributed by atoms with Crippen molar-refractivity contribution in [2.45, 2.75) is 26.8 Å². The van der Waals surface area contributed by atoms with Crippen molar-refractivity contribution in [3.8, 4) is 6.01 Å². The molecule has 0 unspecified atom stereocenters. The molecular formula is C13H17ClN4O2. The number of rotatable bonds is 6. The lowest BCUT2D eigenvalue weighted by Crippen LogP contribution is -2.19. The average Bonchev–Trinajstić information content (AvgIpc) is 2.81. The largest absolute Gasteiger partial charge is 0.464 e. The molecule has 0 aliphatic carbocycles. The Morgan fingerprint density at radius 2 is 2.10 bits per heavy atom. The Balaban J connectivity index is 2.12. The summed E-state index contributed by atoms with van der Waals surface area (Å²) in [6.45, 7) is 5.00. The molecule has 108 valence electrons. The Morgan fingerprint density at radius 1 is 1.30 bits per heavy atom. The summed E-state index contributed by atoms with van der Waals surface area (Å²) in [5.41, 5.74) is 0. The van der Waals surface area contributed by atoms with Crippen LogP contribution in [0.25, 0.3) is 0 Å². The van der Waals surface area contributed by atoms with E-state index in [1.165, 1.54) is 0 Å². The van der Waals surface area contributed by atoms with Gasteiger partial charge in [-0.1, -0.05) is 6.92 Å². The van der Waals surface area contributed by atoms with E-state index in [4.69, 9.17) is 20.8 Å². The van der Waals surface area contributed by atoms with Gasteiger partial charge in [0.1, 0.15) is 11.5 Å². The topological polar surface area (TPSA) is 64.3 Å². The molecule has 0 saturated carbocycles. The van der Waals surface area contributed by atoms with E-state index in [0.29, 0.717) is 19.1 Å². The molecule has 0 atom stereocenters. The van der Waals surface area contributed by atoms with Crippen LogP contribution in [0.5, 0.6) is 6.01 Å². The molecule has 0 aromatic carbocycles. The SMILES string of the molecule is CCCOc1nc(Cl)nc(N(C)Cc2ccc(C)o2)n1. The van der Waals surface area contributed by atoms with Crippen LogP contribution in [0.3, 0.4) is 0 Å². The minimum absolute atomic E-state index is 0.114. The summed E-state index contributed by atoms with van der Waals surface area (Å²) >= 11 is 5.89. The first-order valence-corrected chi connectivity index (χ1v) is 6.77. The van der Waals surface area contributed by atoms with Crippen LogP contribution < -0.4 is 9.64 Å². The Hall–Kier alpha value is -1.82. The van der Waals surface area contributed by atoms with E-state index >= 15 is 0 Å². The third kappa shape index (κ3) is 3.84. The van der Waals surface area contributed by atoms with Gasteiger partial charge in [0.2, 0.25) is 11.2 Å². The number of hydrogen-bond acceptors (Lipinski definition) is 6. The van der Waals surface area contributed by atoms with Gasteiger partial charge in [-0.05, 0) is 37.1 Å². The summed E-state index contributed by atoms with van der Waals surface area (Å²) in [6, 6.07) is 4.08. The first-order chi connectivity index (χ1) is 9.58. The zero-order valence-electron chi connectivity index (χ0n) is 11.8. The third-order valence-electron chi connectivity index (χ3n) is 2.54. The number of ether oxygens (including phenoxy) is 1. The van der Waals surface area contributed by atoms with Crippen LogP contribution >= 0.6 is 11.6 Å². The monoisotopic (exact) mass is 296 g/mol. The molecule has 0 bridgehead atoms. The highest BCUT2D eigenvalue weighted by Crippen LogP contribution is 2.17. The van der Waals surface area contributed by atoms with E-state index in [9.17, 15) is 0 Å². The standard InChI is InChI=1S/C13H17ClN4O2/c1-4-7-19-13-16-11(14)15-12(17-13)18(3)8-10-6-5-9(2)20-10/h5-6H,4,7-8H2,1-3H3. The maximum absolute atomic E-state index is 5.89. The van der Waals surface area contributed by atoms with Gasteiger partial charge in [0, 0.05) is 7.05 Å². The maximum Gasteiger partial charge on any atom is 0.322 e. The fourth-order valence-electron chi connectivity index (χ4n) is 1.63. The fraction of sp³-hybridized carbons (Fsp3) is 0.462. The quantitative estimate of drug-likeness (QED) is 0.817. The van der Waals surface area contributed by atoms with Gasteiger partial charge in [-0.2, -0.15) is 15.0 Å². The van der Waals surface area contributed by atoms with Crippen LogP contribution in [0.4, 0.5) is 5.95 Å². The van der Waals surface area contributed by atoms with Gasteiger partial charge in [-0.3, -0.25) is 0 Å². The third-order valence-corrected chi connectivity index (χ3v) is 2.71. The summed E-state index contributed by atoms with van der Waals surface area (Å²) in [7, 11) is 1.85. The van der Waals surface area contributed by atoms with E-state index in [-0.39, 0.29) is 11.3 Å². The van der Waals surface area contributed by atoms with E-state index in [1.54, 1.807) is 0 Å². The first kappa shape index (κ1) is 14.6. The Kier molecular flexibility index (Phi) is 4.79. The molecule has 6 nitrogen and oxygen atoms in total. The Morgan fingerprint density at radius 3 is 2.75 bits per heavy atom. The summed E-state index contributed by atoms with van der Waals surface area (Å²) in [5.74, 6) is 2.15. The molecule has 0 fully saturated rings. The Labute approximate surface area is 122 Å². The highest BCUT2D eigenvalue weighted by atomic mass is 35.5. The number of aromatic nitrogens is 3. The summed E-state index contributed by atoms with van der Waals surface area (Å²) in [6.07, 6.45) is 0.875. The van der Waals surface area contributed by atoms with Crippen LogP contribution in [-0.2, 0) is 6.54 Å². The van der Waals surface area contributed by atoms with Crippen LogP contribution in [-0.4, -0.2) is 28.6 Å². The lowest BCUT2D eigenvalue weighted by molar-refractivity contribution is 0.291. The smallest absolute Gasteiger partial charge is 0.322 e. The number of hydrogen-bond donors (Lipinski definition) is 0. The molecule has 0 aliphatic heterocycles. The average molecular weight is 297 g/mol. The predicted octanol–water partition coefficient (Wildman–Crippen LogP) is 2.85. The highest BCUT2D eigenvalue weighted by molar-refractivity contribution is 6.28. The molecule has 2 rings (SSSR count). The fourth-order valence-corrected chi connectivity index (χ4v) is 1.77. The van der Waals surface area contributed by atoms with Gasteiger partial charge in [-0.15, -0.1) is 0 Å². The van der Waals surface area contributed by atoms with Crippen LogP contribution in [0.15, 0.2) is 16.5 Å². The molecule has 0 N–H and O–H groups in total. The molecule has 7 heteroatoms. The van der Waals surface area contributed by atoms with Crippen molar-refractivity contribution >= 4 is 17.5 Å². The van der Waals surface area contributed by atoms with Crippen molar-refractivity contribution in [2.24, 2.45) is 0 Å². The molecule has 0 amide bonds. The van der Waals surface area contributed by atoms with Crippen molar-refractivity contribution in [2.75, 3.05) is 18.6 Å². The predicted molar refractivity (Wildman–Crippen MR) is 76.2 cm³/mol. The van der Waals surface area contributed by atoms with Gasteiger partial charge in [0.25, 0.3) is 0 Å². The molecule has 0 radical (unpaired) electrons. The van der Waals surface area contributed by atoms with Crippen molar-refractivity contribution in [3.63, 3.8) is 0 Å². The van der Waals surface area contributed by atoms with Crippen LogP contribution in [0.1, 0.15) is 24.9 Å². The van der Waals surface area contributed by atoms with Crippen molar-refractivity contribution in [3.05, 3.63) is 28.9 Å². The molecule has 2 aromatic rings. The molecular weight excluding hydrogens is 280 g/mol. The van der Waals surface area contributed by atoms with E-state index in [1.807, 2.05) is 37.9 Å². The van der Waals surface area contributed by atoms with Gasteiger partial charge >= 0.3 is 6.01 Å². The number of halogens is 1. The minimum Gasteiger partial charge on any atom is -0.464 e. The second-order valence-corrected chi connectivity index (χ2v) is 4.74. The Bertz CT molecular complexity index is 573. The van der Waals surface area contributed by atoms with Gasteiger partial charge < -0.3 is 14.1 Å². The minimum atomic E-state index is 0.114. The number of anilines is 1. The van der Waals surface area contributed by atoms with Crippen LogP contribution in [0, 0.1) is 6.92 Å². The molecule has 2 heterocycles. The number of aryl methyl sites for hydroxylation is 1. The molecule has 0 saturated heterocycles. The molecule has 0 spiro atoms. The lowest BCUT2D eigenvalue weighted by atomic mass is 10.4. The number of furan rings is 1. The second kappa shape index (κ2) is 6.56. The van der Waals surface area contributed by atoms with Gasteiger partial charge in [0.15, 0.2) is 0 Å². The molecule has 2 aromatic heterocycles. The molecule has 20 heavy (non-hydrogen) atoms. The van der Waals surface area contributed by atoms with Gasteiger partial charge in [-0.25, -0.2) is 0 Å². The van der Waals surface area contributed by atoms with Crippen molar-refractivity contribution in [1.29, 1.82) is 0 Å².